The molecule has 11 aromatic rings. The van der Waals surface area contributed by atoms with Crippen molar-refractivity contribution in [1.82, 2.24) is 19.1 Å². The van der Waals surface area contributed by atoms with Gasteiger partial charge in [-0.15, -0.1) is 0 Å². The fourth-order valence-corrected chi connectivity index (χ4v) is 8.30. The normalized spacial score (nSPS) is 11.6. The minimum Gasteiger partial charge on any atom is -0.309 e. The molecule has 4 nitrogen and oxygen atoms in total. The molecule has 3 heterocycles. The molecule has 8 aromatic carbocycles. The zero-order valence-electron chi connectivity index (χ0n) is 31.0. The van der Waals surface area contributed by atoms with Gasteiger partial charge in [-0.1, -0.05) is 91.0 Å². The summed E-state index contributed by atoms with van der Waals surface area (Å²) in [6.45, 7) is 0. The maximum absolute atomic E-state index is 14.0. The van der Waals surface area contributed by atoms with Gasteiger partial charge in [-0.2, -0.15) is 0 Å². The summed E-state index contributed by atoms with van der Waals surface area (Å²) >= 11 is 0. The highest BCUT2D eigenvalue weighted by Gasteiger charge is 2.18. The van der Waals surface area contributed by atoms with Gasteiger partial charge in [0.05, 0.1) is 33.5 Å². The molecule has 3 aromatic heterocycles. The van der Waals surface area contributed by atoms with E-state index in [0.29, 0.717) is 17.3 Å². The molecular formula is C52H32F2N4. The van der Waals surface area contributed by atoms with E-state index in [9.17, 15) is 8.78 Å². The lowest BCUT2D eigenvalue weighted by Gasteiger charge is -2.12. The summed E-state index contributed by atoms with van der Waals surface area (Å²) in [5.74, 6) is -0.183. The van der Waals surface area contributed by atoms with Crippen molar-refractivity contribution in [3.8, 4) is 56.4 Å². The van der Waals surface area contributed by atoms with E-state index in [1.165, 1.54) is 46.1 Å². The van der Waals surface area contributed by atoms with Gasteiger partial charge in [-0.3, -0.25) is 4.57 Å². The topological polar surface area (TPSA) is 35.6 Å². The first-order valence-corrected chi connectivity index (χ1v) is 19.2. The summed E-state index contributed by atoms with van der Waals surface area (Å²) in [5, 5.41) is 4.58. The summed E-state index contributed by atoms with van der Waals surface area (Å²) in [4.78, 5) is 10.1. The Hall–Kier alpha value is -7.70. The first-order chi connectivity index (χ1) is 28.6. The highest BCUT2D eigenvalue weighted by atomic mass is 19.1. The van der Waals surface area contributed by atoms with Crippen LogP contribution in [-0.2, 0) is 0 Å². The number of benzene rings is 8. The van der Waals surface area contributed by atoms with E-state index in [-0.39, 0.29) is 11.6 Å². The van der Waals surface area contributed by atoms with Crippen LogP contribution in [0.2, 0.25) is 0 Å². The Morgan fingerprint density at radius 1 is 0.310 bits per heavy atom. The van der Waals surface area contributed by atoms with Gasteiger partial charge < -0.3 is 4.57 Å². The van der Waals surface area contributed by atoms with Crippen LogP contribution in [0.1, 0.15) is 0 Å². The van der Waals surface area contributed by atoms with Gasteiger partial charge in [0.1, 0.15) is 11.6 Å². The second-order valence-electron chi connectivity index (χ2n) is 14.5. The molecule has 0 unspecified atom stereocenters. The molecule has 58 heavy (non-hydrogen) atoms. The number of hydrogen-bond acceptors (Lipinski definition) is 2. The highest BCUT2D eigenvalue weighted by molar-refractivity contribution is 6.11. The molecule has 0 aliphatic carbocycles. The highest BCUT2D eigenvalue weighted by Crippen LogP contribution is 2.38. The van der Waals surface area contributed by atoms with Gasteiger partial charge in [0.15, 0.2) is 0 Å². The summed E-state index contributed by atoms with van der Waals surface area (Å²) in [6.07, 6.45) is 0. The van der Waals surface area contributed by atoms with Crippen LogP contribution in [0.25, 0.3) is 100 Å². The molecule has 0 atom stereocenters. The Kier molecular flexibility index (Phi) is 7.83. The number of para-hydroxylation sites is 3. The molecule has 0 radical (unpaired) electrons. The second kappa shape index (κ2) is 13.5. The van der Waals surface area contributed by atoms with E-state index in [0.717, 1.165) is 60.9 Å². The smallest absolute Gasteiger partial charge is 0.235 e. The number of fused-ring (bicyclic) bond motifs is 6. The van der Waals surface area contributed by atoms with Crippen molar-refractivity contribution in [2.75, 3.05) is 0 Å². The van der Waals surface area contributed by atoms with Gasteiger partial charge in [0, 0.05) is 38.4 Å². The minimum atomic E-state index is -0.324. The molecule has 0 spiro atoms. The van der Waals surface area contributed by atoms with Crippen molar-refractivity contribution in [1.29, 1.82) is 0 Å². The zero-order valence-corrected chi connectivity index (χ0v) is 31.0. The fourth-order valence-electron chi connectivity index (χ4n) is 8.30. The predicted octanol–water partition coefficient (Wildman–Crippen LogP) is 13.6. The largest absolute Gasteiger partial charge is 0.309 e. The van der Waals surface area contributed by atoms with Crippen molar-refractivity contribution in [3.05, 3.63) is 206 Å². The first kappa shape index (κ1) is 33.6. The number of nitrogens with zero attached hydrogens (tertiary/aromatic N) is 4. The summed E-state index contributed by atoms with van der Waals surface area (Å²) in [7, 11) is 0. The van der Waals surface area contributed by atoms with Gasteiger partial charge in [0.25, 0.3) is 0 Å². The van der Waals surface area contributed by atoms with E-state index in [1.807, 2.05) is 18.2 Å². The summed E-state index contributed by atoms with van der Waals surface area (Å²) in [5.41, 5.74) is 12.7. The van der Waals surface area contributed by atoms with E-state index < -0.39 is 0 Å². The van der Waals surface area contributed by atoms with Gasteiger partial charge in [0.2, 0.25) is 5.95 Å². The van der Waals surface area contributed by atoms with Crippen LogP contribution in [0.3, 0.4) is 0 Å². The third kappa shape index (κ3) is 5.65. The molecule has 11 rings (SSSR count). The molecule has 0 bridgehead atoms. The first-order valence-electron chi connectivity index (χ1n) is 19.2. The lowest BCUT2D eigenvalue weighted by atomic mass is 9.98. The van der Waals surface area contributed by atoms with Crippen molar-refractivity contribution < 1.29 is 8.78 Å². The molecule has 0 amide bonds. The number of aromatic nitrogens is 4. The zero-order chi connectivity index (χ0) is 38.7. The standard InChI is InChI=1S/C52H32F2N4/c53-39-24-18-35(19-25-39)46-32-47(36-20-26-40(54)27-21-36)56-52(55-46)58-49-13-7-5-11-43(49)45-31-38(23-29-51(45)58)34-16-14-33(15-17-34)37-22-28-50-44(30-37)42-10-4-6-12-48(42)57(50)41-8-2-1-3-9-41/h1-32H. The summed E-state index contributed by atoms with van der Waals surface area (Å²) in [6, 6.07) is 63.8. The lowest BCUT2D eigenvalue weighted by Crippen LogP contribution is -2.04. The Labute approximate surface area is 332 Å². The second-order valence-corrected chi connectivity index (χ2v) is 14.5. The fraction of sp³-hybridized carbons (Fsp3) is 0. The molecule has 0 saturated carbocycles. The summed E-state index contributed by atoms with van der Waals surface area (Å²) < 4.78 is 32.3. The molecule has 0 aliphatic heterocycles. The third-order valence-corrected chi connectivity index (χ3v) is 11.1. The lowest BCUT2D eigenvalue weighted by molar-refractivity contribution is 0.627. The average Bonchev–Trinajstić information content (AvgIpc) is 3.79. The van der Waals surface area contributed by atoms with Crippen molar-refractivity contribution in [2.24, 2.45) is 0 Å². The molecule has 0 saturated heterocycles. The van der Waals surface area contributed by atoms with E-state index >= 15 is 0 Å². The van der Waals surface area contributed by atoms with Gasteiger partial charge in [-0.25, -0.2) is 18.7 Å². The van der Waals surface area contributed by atoms with E-state index in [1.54, 1.807) is 24.3 Å². The molecule has 274 valence electrons. The van der Waals surface area contributed by atoms with Crippen molar-refractivity contribution >= 4 is 43.6 Å². The number of hydrogen-bond donors (Lipinski definition) is 0. The SMILES string of the molecule is Fc1ccc(-c2cc(-c3ccc(F)cc3)nc(-n3c4ccccc4c4cc(-c5ccc(-c6ccc7c(c6)c6ccccc6n7-c6ccccc6)cc5)ccc43)n2)cc1. The molecule has 0 aliphatic rings. The number of halogens is 2. The van der Waals surface area contributed by atoms with Crippen molar-refractivity contribution in [2.45, 2.75) is 0 Å². The molecule has 6 heteroatoms. The van der Waals surface area contributed by atoms with Crippen molar-refractivity contribution in [3.63, 3.8) is 0 Å². The van der Waals surface area contributed by atoms with Gasteiger partial charge in [-0.05, 0) is 125 Å². The molecule has 0 N–H and O–H groups in total. The quantitative estimate of drug-likeness (QED) is 0.170. The Bertz CT molecular complexity index is 3270. The van der Waals surface area contributed by atoms with E-state index in [4.69, 9.17) is 9.97 Å². The van der Waals surface area contributed by atoms with E-state index in [2.05, 4.69) is 137 Å². The maximum atomic E-state index is 14.0. The third-order valence-electron chi connectivity index (χ3n) is 11.1. The van der Waals surface area contributed by atoms with Crippen LogP contribution in [0.15, 0.2) is 194 Å². The van der Waals surface area contributed by atoms with Crippen LogP contribution in [0, 0.1) is 11.6 Å². The minimum absolute atomic E-state index is 0.324. The Morgan fingerprint density at radius 2 is 0.707 bits per heavy atom. The van der Waals surface area contributed by atoms with Crippen LogP contribution in [-0.4, -0.2) is 19.1 Å². The Balaban J connectivity index is 0.999. The maximum Gasteiger partial charge on any atom is 0.235 e. The average molecular weight is 751 g/mol. The van der Waals surface area contributed by atoms with Crippen LogP contribution < -0.4 is 0 Å². The number of rotatable bonds is 6. The Morgan fingerprint density at radius 3 is 1.22 bits per heavy atom. The van der Waals surface area contributed by atoms with Crippen LogP contribution in [0.4, 0.5) is 8.78 Å². The predicted molar refractivity (Wildman–Crippen MR) is 232 cm³/mol. The molecular weight excluding hydrogens is 719 g/mol. The molecule has 0 fully saturated rings. The van der Waals surface area contributed by atoms with Crippen LogP contribution in [0.5, 0.6) is 0 Å². The monoisotopic (exact) mass is 750 g/mol. The van der Waals surface area contributed by atoms with Gasteiger partial charge >= 0.3 is 0 Å². The van der Waals surface area contributed by atoms with Crippen LogP contribution >= 0.6 is 0 Å².